The summed E-state index contributed by atoms with van der Waals surface area (Å²) in [6.45, 7) is 7.93. The van der Waals surface area contributed by atoms with Gasteiger partial charge in [0.15, 0.2) is 0 Å². The lowest BCUT2D eigenvalue weighted by atomic mass is 10.1. The third-order valence-electron chi connectivity index (χ3n) is 2.77. The topological polar surface area (TPSA) is 30.5 Å². The molecule has 2 unspecified atom stereocenters. The fraction of sp³-hybridized carbons (Fsp3) is 0.429. The maximum absolute atomic E-state index is 5.36. The number of benzene rings is 1. The lowest BCUT2D eigenvalue weighted by Gasteiger charge is -2.20. The Balaban J connectivity index is 2.96. The highest BCUT2D eigenvalue weighted by molar-refractivity contribution is 5.42. The minimum Gasteiger partial charge on any atom is -0.497 e. The molecule has 17 heavy (non-hydrogen) atoms. The van der Waals surface area contributed by atoms with Gasteiger partial charge in [0.25, 0.3) is 0 Å². The van der Waals surface area contributed by atoms with E-state index in [9.17, 15) is 0 Å². The number of methoxy groups -OCH3 is 2. The van der Waals surface area contributed by atoms with Gasteiger partial charge >= 0.3 is 0 Å². The Labute approximate surface area is 103 Å². The molecule has 1 N–H and O–H groups in total. The summed E-state index contributed by atoms with van der Waals surface area (Å²) in [5.74, 6) is 1.70. The van der Waals surface area contributed by atoms with E-state index in [-0.39, 0.29) is 12.1 Å². The Kier molecular flexibility index (Phi) is 5.04. The molecule has 0 aromatic heterocycles. The normalized spacial score (nSPS) is 13.9. The van der Waals surface area contributed by atoms with E-state index in [0.29, 0.717) is 0 Å². The third-order valence-corrected chi connectivity index (χ3v) is 2.77. The highest BCUT2D eigenvalue weighted by atomic mass is 16.5. The van der Waals surface area contributed by atoms with E-state index in [2.05, 4.69) is 25.7 Å². The number of hydrogen-bond acceptors (Lipinski definition) is 3. The molecule has 1 rings (SSSR count). The van der Waals surface area contributed by atoms with Gasteiger partial charge < -0.3 is 14.8 Å². The minimum absolute atomic E-state index is 0.174. The second kappa shape index (κ2) is 6.30. The largest absolute Gasteiger partial charge is 0.497 e. The predicted octanol–water partition coefficient (Wildman–Crippen LogP) is 2.93. The van der Waals surface area contributed by atoms with Crippen molar-refractivity contribution in [1.82, 2.24) is 5.32 Å². The molecule has 2 atom stereocenters. The van der Waals surface area contributed by atoms with Crippen LogP contribution in [0.4, 0.5) is 0 Å². The average Bonchev–Trinajstić information content (AvgIpc) is 2.37. The van der Waals surface area contributed by atoms with Gasteiger partial charge in [-0.15, -0.1) is 6.58 Å². The van der Waals surface area contributed by atoms with Gasteiger partial charge in [-0.05, 0) is 32.0 Å². The molecule has 0 spiro atoms. The highest BCUT2D eigenvalue weighted by Crippen LogP contribution is 2.29. The molecule has 0 radical (unpaired) electrons. The van der Waals surface area contributed by atoms with Crippen molar-refractivity contribution in [2.75, 3.05) is 14.2 Å². The average molecular weight is 235 g/mol. The van der Waals surface area contributed by atoms with Crippen molar-refractivity contribution >= 4 is 0 Å². The van der Waals surface area contributed by atoms with Gasteiger partial charge in [0.05, 0.1) is 14.2 Å². The van der Waals surface area contributed by atoms with E-state index < -0.39 is 0 Å². The highest BCUT2D eigenvalue weighted by Gasteiger charge is 2.13. The first kappa shape index (κ1) is 13.6. The van der Waals surface area contributed by atoms with Crippen LogP contribution < -0.4 is 14.8 Å². The summed E-state index contributed by atoms with van der Waals surface area (Å²) >= 11 is 0. The summed E-state index contributed by atoms with van der Waals surface area (Å²) in [5.41, 5.74) is 1.08. The first-order valence-corrected chi connectivity index (χ1v) is 5.73. The van der Waals surface area contributed by atoms with Crippen LogP contribution in [-0.2, 0) is 0 Å². The molecule has 1 aromatic rings. The van der Waals surface area contributed by atoms with Crippen LogP contribution in [0, 0.1) is 0 Å². The molecule has 3 nitrogen and oxygen atoms in total. The van der Waals surface area contributed by atoms with Crippen molar-refractivity contribution in [1.29, 1.82) is 0 Å². The monoisotopic (exact) mass is 235 g/mol. The summed E-state index contributed by atoms with van der Waals surface area (Å²) in [6, 6.07) is 6.23. The van der Waals surface area contributed by atoms with Crippen LogP contribution in [0.3, 0.4) is 0 Å². The van der Waals surface area contributed by atoms with Crippen LogP contribution >= 0.6 is 0 Å². The molecular formula is C14H21NO2. The lowest BCUT2D eigenvalue weighted by Crippen LogP contribution is -2.27. The van der Waals surface area contributed by atoms with E-state index in [1.54, 1.807) is 14.2 Å². The molecule has 0 saturated carbocycles. The predicted molar refractivity (Wildman–Crippen MR) is 70.8 cm³/mol. The minimum atomic E-state index is 0.174. The van der Waals surface area contributed by atoms with Gasteiger partial charge in [-0.25, -0.2) is 0 Å². The smallest absolute Gasteiger partial charge is 0.123 e. The second-order valence-corrected chi connectivity index (χ2v) is 4.02. The zero-order valence-electron chi connectivity index (χ0n) is 11.0. The number of nitrogens with one attached hydrogen (secondary N) is 1. The van der Waals surface area contributed by atoms with Crippen molar-refractivity contribution < 1.29 is 9.47 Å². The van der Waals surface area contributed by atoms with Crippen LogP contribution in [-0.4, -0.2) is 20.3 Å². The fourth-order valence-electron chi connectivity index (χ4n) is 1.73. The molecule has 0 saturated heterocycles. The van der Waals surface area contributed by atoms with E-state index in [4.69, 9.17) is 9.47 Å². The van der Waals surface area contributed by atoms with E-state index in [1.807, 2.05) is 24.3 Å². The SMILES string of the molecule is C=CC(C)NC(C)c1cc(OC)ccc1OC. The summed E-state index contributed by atoms with van der Waals surface area (Å²) in [6.07, 6.45) is 1.88. The van der Waals surface area contributed by atoms with Crippen molar-refractivity contribution in [2.45, 2.75) is 25.9 Å². The Morgan fingerprint density at radius 1 is 1.24 bits per heavy atom. The maximum atomic E-state index is 5.36. The van der Waals surface area contributed by atoms with E-state index in [1.165, 1.54) is 0 Å². The molecule has 0 bridgehead atoms. The first-order valence-electron chi connectivity index (χ1n) is 5.73. The molecule has 0 aliphatic carbocycles. The molecule has 0 aliphatic heterocycles. The zero-order chi connectivity index (χ0) is 12.8. The first-order chi connectivity index (χ1) is 8.12. The molecule has 1 aromatic carbocycles. The van der Waals surface area contributed by atoms with Gasteiger partial charge in [-0.2, -0.15) is 0 Å². The van der Waals surface area contributed by atoms with Crippen molar-refractivity contribution in [3.05, 3.63) is 36.4 Å². The van der Waals surface area contributed by atoms with Gasteiger partial charge in [0.1, 0.15) is 11.5 Å². The van der Waals surface area contributed by atoms with Crippen LogP contribution in [0.1, 0.15) is 25.5 Å². The molecule has 0 aliphatic rings. The third kappa shape index (κ3) is 3.49. The molecule has 94 valence electrons. The van der Waals surface area contributed by atoms with Crippen molar-refractivity contribution in [3.8, 4) is 11.5 Å². The molecular weight excluding hydrogens is 214 g/mol. The summed E-state index contributed by atoms with van der Waals surface area (Å²) in [5, 5.41) is 3.42. The lowest BCUT2D eigenvalue weighted by molar-refractivity contribution is 0.390. The molecule has 0 amide bonds. The van der Waals surface area contributed by atoms with Gasteiger partial charge in [-0.1, -0.05) is 6.08 Å². The van der Waals surface area contributed by atoms with Crippen molar-refractivity contribution in [2.24, 2.45) is 0 Å². The van der Waals surface area contributed by atoms with Crippen molar-refractivity contribution in [3.63, 3.8) is 0 Å². The van der Waals surface area contributed by atoms with Gasteiger partial charge in [0.2, 0.25) is 0 Å². The summed E-state index contributed by atoms with van der Waals surface area (Å²) in [4.78, 5) is 0. The number of rotatable bonds is 6. The zero-order valence-corrected chi connectivity index (χ0v) is 11.0. The summed E-state index contributed by atoms with van der Waals surface area (Å²) in [7, 11) is 3.34. The quantitative estimate of drug-likeness (QED) is 0.769. The van der Waals surface area contributed by atoms with Gasteiger partial charge in [0, 0.05) is 17.6 Å². The standard InChI is InChI=1S/C14H21NO2/c1-6-10(2)15-11(3)13-9-12(16-4)7-8-14(13)17-5/h6-11,15H,1H2,2-5H3. The molecule has 3 heteroatoms. The summed E-state index contributed by atoms with van der Waals surface area (Å²) < 4.78 is 10.6. The molecule has 0 heterocycles. The Morgan fingerprint density at radius 3 is 2.47 bits per heavy atom. The van der Waals surface area contributed by atoms with Crippen LogP contribution in [0.2, 0.25) is 0 Å². The number of ether oxygens (including phenoxy) is 2. The number of hydrogen-bond donors (Lipinski definition) is 1. The van der Waals surface area contributed by atoms with E-state index in [0.717, 1.165) is 17.1 Å². The van der Waals surface area contributed by atoms with E-state index >= 15 is 0 Å². The second-order valence-electron chi connectivity index (χ2n) is 4.02. The van der Waals surface area contributed by atoms with Crippen LogP contribution in [0.5, 0.6) is 11.5 Å². The molecule has 0 fully saturated rings. The van der Waals surface area contributed by atoms with Crippen LogP contribution in [0.25, 0.3) is 0 Å². The van der Waals surface area contributed by atoms with Crippen LogP contribution in [0.15, 0.2) is 30.9 Å². The maximum Gasteiger partial charge on any atom is 0.123 e. The Morgan fingerprint density at radius 2 is 1.94 bits per heavy atom. The Hall–Kier alpha value is -1.48. The Bertz CT molecular complexity index is 376. The fourth-order valence-corrected chi connectivity index (χ4v) is 1.73. The van der Waals surface area contributed by atoms with Gasteiger partial charge in [-0.3, -0.25) is 0 Å².